The van der Waals surface area contributed by atoms with Crippen molar-refractivity contribution in [2.75, 3.05) is 26.2 Å². The fourth-order valence-corrected chi connectivity index (χ4v) is 6.39. The van der Waals surface area contributed by atoms with Crippen molar-refractivity contribution < 1.29 is 17.7 Å². The van der Waals surface area contributed by atoms with E-state index in [-0.39, 0.29) is 34.9 Å². The van der Waals surface area contributed by atoms with Gasteiger partial charge in [-0.15, -0.1) is 11.8 Å². The summed E-state index contributed by atoms with van der Waals surface area (Å²) >= 11 is 13.5. The van der Waals surface area contributed by atoms with Crippen LogP contribution < -0.4 is 0 Å². The maximum Gasteiger partial charge on any atom is 0.248 e. The Bertz CT molecular complexity index is 999. The van der Waals surface area contributed by atoms with E-state index in [0.29, 0.717) is 28.8 Å². The molecule has 1 unspecified atom stereocenters. The summed E-state index contributed by atoms with van der Waals surface area (Å²) in [6.07, 6.45) is 0. The Labute approximate surface area is 184 Å². The molecule has 1 amide bonds. The van der Waals surface area contributed by atoms with Gasteiger partial charge in [0.25, 0.3) is 0 Å². The van der Waals surface area contributed by atoms with Crippen molar-refractivity contribution in [2.45, 2.75) is 35.8 Å². The largest absolute Gasteiger partial charge is 0.360 e. The number of carbonyl (C=O) groups is 1. The molecule has 0 bridgehead atoms. The highest BCUT2D eigenvalue weighted by Crippen LogP contribution is 2.33. The van der Waals surface area contributed by atoms with Crippen molar-refractivity contribution >= 4 is 50.9 Å². The quantitative estimate of drug-likeness (QED) is 0.611. The van der Waals surface area contributed by atoms with Crippen LogP contribution in [0.5, 0.6) is 0 Å². The first kappa shape index (κ1) is 22.4. The number of benzene rings is 1. The third-order valence-electron chi connectivity index (χ3n) is 4.66. The molecule has 1 atom stereocenters. The highest BCUT2D eigenvalue weighted by molar-refractivity contribution is 8.00. The highest BCUT2D eigenvalue weighted by atomic mass is 35.5. The van der Waals surface area contributed by atoms with E-state index >= 15 is 0 Å². The fourth-order valence-electron chi connectivity index (χ4n) is 3.19. The third-order valence-corrected chi connectivity index (χ3v) is 8.63. The van der Waals surface area contributed by atoms with Gasteiger partial charge in [0.1, 0.15) is 10.6 Å². The summed E-state index contributed by atoms with van der Waals surface area (Å²) in [6, 6.07) is 5.12. The van der Waals surface area contributed by atoms with Crippen LogP contribution in [0.1, 0.15) is 18.4 Å². The SMILES string of the molecule is Cc1noc(C)c1S(=O)(=O)N1CCN(C(=O)C(C)Sc2cc(Cl)ccc2Cl)CC1. The number of aryl methyl sites for hydroxylation is 2. The number of halogens is 2. The van der Waals surface area contributed by atoms with E-state index in [2.05, 4.69) is 5.16 Å². The Morgan fingerprint density at radius 2 is 1.86 bits per heavy atom. The molecule has 2 aromatic rings. The summed E-state index contributed by atoms with van der Waals surface area (Å²) in [5.41, 5.74) is 0.337. The van der Waals surface area contributed by atoms with Gasteiger partial charge in [0.2, 0.25) is 15.9 Å². The first-order valence-corrected chi connectivity index (χ1v) is 12.0. The van der Waals surface area contributed by atoms with Gasteiger partial charge in [-0.25, -0.2) is 8.42 Å². The molecular formula is C18H21Cl2N3O4S2. The Balaban J connectivity index is 1.64. The van der Waals surface area contributed by atoms with E-state index in [9.17, 15) is 13.2 Å². The molecule has 0 radical (unpaired) electrons. The molecule has 29 heavy (non-hydrogen) atoms. The summed E-state index contributed by atoms with van der Waals surface area (Å²) < 4.78 is 32.2. The monoisotopic (exact) mass is 477 g/mol. The highest BCUT2D eigenvalue weighted by Gasteiger charge is 2.35. The number of hydrogen-bond acceptors (Lipinski definition) is 6. The minimum Gasteiger partial charge on any atom is -0.360 e. The normalized spacial score (nSPS) is 16.8. The molecule has 2 heterocycles. The lowest BCUT2D eigenvalue weighted by Gasteiger charge is -2.35. The molecule has 11 heteroatoms. The summed E-state index contributed by atoms with van der Waals surface area (Å²) in [5.74, 6) is 0.199. The third kappa shape index (κ3) is 4.74. The van der Waals surface area contributed by atoms with Crippen LogP contribution in [0, 0.1) is 13.8 Å². The van der Waals surface area contributed by atoms with Gasteiger partial charge in [-0.2, -0.15) is 4.31 Å². The molecule has 1 aromatic carbocycles. The number of rotatable bonds is 5. The lowest BCUT2D eigenvalue weighted by Crippen LogP contribution is -2.52. The van der Waals surface area contributed by atoms with E-state index in [1.165, 1.54) is 16.1 Å². The van der Waals surface area contributed by atoms with Crippen molar-refractivity contribution in [1.82, 2.24) is 14.4 Å². The lowest BCUT2D eigenvalue weighted by molar-refractivity contribution is -0.131. The van der Waals surface area contributed by atoms with Crippen LogP contribution >= 0.6 is 35.0 Å². The van der Waals surface area contributed by atoms with Gasteiger partial charge in [0.15, 0.2) is 5.76 Å². The fraction of sp³-hybridized carbons (Fsp3) is 0.444. The predicted molar refractivity (Wildman–Crippen MR) is 113 cm³/mol. The van der Waals surface area contributed by atoms with E-state index in [0.717, 1.165) is 4.90 Å². The maximum absolute atomic E-state index is 12.9. The molecule has 1 aliphatic heterocycles. The molecule has 0 spiro atoms. The Kier molecular flexibility index (Phi) is 6.84. The van der Waals surface area contributed by atoms with E-state index in [1.807, 2.05) is 0 Å². The van der Waals surface area contributed by atoms with Gasteiger partial charge in [0.05, 0.1) is 10.3 Å². The van der Waals surface area contributed by atoms with Crippen LogP contribution in [0.3, 0.4) is 0 Å². The van der Waals surface area contributed by atoms with Gasteiger partial charge < -0.3 is 9.42 Å². The topological polar surface area (TPSA) is 83.7 Å². The van der Waals surface area contributed by atoms with Crippen LogP contribution in [0.4, 0.5) is 0 Å². The van der Waals surface area contributed by atoms with Crippen molar-refractivity contribution in [3.8, 4) is 0 Å². The predicted octanol–water partition coefficient (Wildman–Crippen LogP) is 3.61. The van der Waals surface area contributed by atoms with Crippen LogP contribution in [0.25, 0.3) is 0 Å². The van der Waals surface area contributed by atoms with Crippen molar-refractivity contribution in [2.24, 2.45) is 0 Å². The van der Waals surface area contributed by atoms with Gasteiger partial charge in [-0.1, -0.05) is 28.4 Å². The average molecular weight is 478 g/mol. The second-order valence-corrected chi connectivity index (χ2v) is 10.8. The number of carbonyl (C=O) groups excluding carboxylic acids is 1. The molecule has 0 aliphatic carbocycles. The van der Waals surface area contributed by atoms with Gasteiger partial charge in [-0.3, -0.25) is 4.79 Å². The number of piperazine rings is 1. The van der Waals surface area contributed by atoms with Gasteiger partial charge in [0, 0.05) is 36.1 Å². The van der Waals surface area contributed by atoms with Crippen molar-refractivity contribution in [3.63, 3.8) is 0 Å². The molecule has 7 nitrogen and oxygen atoms in total. The summed E-state index contributed by atoms with van der Waals surface area (Å²) in [6.45, 7) is 6.04. The number of aromatic nitrogens is 1. The van der Waals surface area contributed by atoms with Crippen LogP contribution in [0.15, 0.2) is 32.5 Å². The molecule has 0 saturated carbocycles. The molecule has 1 aromatic heterocycles. The number of nitrogens with zero attached hydrogens (tertiary/aromatic N) is 3. The number of sulfonamides is 1. The summed E-state index contributed by atoms with van der Waals surface area (Å²) in [5, 5.41) is 4.44. The molecule has 158 valence electrons. The standard InChI is InChI=1S/C18H21Cl2N3O4S2/c1-11-17(12(2)27-21-11)29(25,26)23-8-6-22(7-9-23)18(24)13(3)28-16-10-14(19)4-5-15(16)20/h4-5,10,13H,6-9H2,1-3H3. The second-order valence-electron chi connectivity index (χ2n) is 6.72. The second kappa shape index (κ2) is 8.85. The van der Waals surface area contributed by atoms with E-state index in [4.69, 9.17) is 27.7 Å². The van der Waals surface area contributed by atoms with Gasteiger partial charge in [-0.05, 0) is 39.0 Å². The van der Waals surface area contributed by atoms with Gasteiger partial charge >= 0.3 is 0 Å². The summed E-state index contributed by atoms with van der Waals surface area (Å²) in [7, 11) is -3.71. The first-order valence-electron chi connectivity index (χ1n) is 8.94. The zero-order valence-electron chi connectivity index (χ0n) is 16.2. The Morgan fingerprint density at radius 1 is 1.21 bits per heavy atom. The molecule has 3 rings (SSSR count). The molecule has 1 fully saturated rings. The minimum absolute atomic E-state index is 0.0690. The maximum atomic E-state index is 12.9. The molecular weight excluding hydrogens is 457 g/mol. The smallest absolute Gasteiger partial charge is 0.248 e. The molecule has 0 N–H and O–H groups in total. The molecule has 1 aliphatic rings. The number of amides is 1. The number of hydrogen-bond donors (Lipinski definition) is 0. The molecule has 1 saturated heterocycles. The van der Waals surface area contributed by atoms with Crippen LogP contribution in [-0.4, -0.2) is 60.1 Å². The van der Waals surface area contributed by atoms with E-state index < -0.39 is 10.0 Å². The van der Waals surface area contributed by atoms with Crippen LogP contribution in [-0.2, 0) is 14.8 Å². The van der Waals surface area contributed by atoms with Crippen molar-refractivity contribution in [3.05, 3.63) is 39.7 Å². The van der Waals surface area contributed by atoms with Crippen molar-refractivity contribution in [1.29, 1.82) is 0 Å². The number of thioether (sulfide) groups is 1. The lowest BCUT2D eigenvalue weighted by atomic mass is 10.3. The Hall–Kier alpha value is -1.26. The zero-order valence-corrected chi connectivity index (χ0v) is 19.3. The first-order chi connectivity index (χ1) is 13.6. The summed E-state index contributed by atoms with van der Waals surface area (Å²) in [4.78, 5) is 15.3. The van der Waals surface area contributed by atoms with E-state index in [1.54, 1.807) is 43.9 Å². The zero-order chi connectivity index (χ0) is 21.3. The van der Waals surface area contributed by atoms with Crippen LogP contribution in [0.2, 0.25) is 10.0 Å². The minimum atomic E-state index is -3.71. The Morgan fingerprint density at radius 3 is 2.45 bits per heavy atom. The average Bonchev–Trinajstić information content (AvgIpc) is 3.03.